The van der Waals surface area contributed by atoms with Gasteiger partial charge < -0.3 is 10.2 Å². The van der Waals surface area contributed by atoms with Gasteiger partial charge in [0.25, 0.3) is 5.56 Å². The molecular formula is C21H26N6O. The summed E-state index contributed by atoms with van der Waals surface area (Å²) in [4.78, 5) is 30.2. The van der Waals surface area contributed by atoms with Crippen LogP contribution < -0.4 is 15.8 Å². The Balaban J connectivity index is 1.49. The molecule has 3 aromatic heterocycles. The molecule has 0 unspecified atom stereocenters. The minimum absolute atomic E-state index is 0.126. The van der Waals surface area contributed by atoms with E-state index in [1.807, 2.05) is 38.4 Å². The van der Waals surface area contributed by atoms with Crippen LogP contribution in [-0.2, 0) is 6.42 Å². The zero-order chi connectivity index (χ0) is 19.9. The van der Waals surface area contributed by atoms with Gasteiger partial charge in [-0.25, -0.2) is 9.97 Å². The van der Waals surface area contributed by atoms with Crippen LogP contribution in [0.5, 0.6) is 0 Å². The zero-order valence-corrected chi connectivity index (χ0v) is 16.6. The summed E-state index contributed by atoms with van der Waals surface area (Å²) >= 11 is 0. The van der Waals surface area contributed by atoms with Crippen LogP contribution in [0.4, 0.5) is 11.8 Å². The Morgan fingerprint density at radius 2 is 1.96 bits per heavy atom. The highest BCUT2D eigenvalue weighted by atomic mass is 16.1. The van der Waals surface area contributed by atoms with E-state index in [1.54, 1.807) is 12.4 Å². The minimum atomic E-state index is -0.126. The molecule has 146 valence electrons. The number of rotatable bonds is 8. The molecule has 3 rings (SSSR count). The second kappa shape index (κ2) is 9.12. The van der Waals surface area contributed by atoms with E-state index in [1.165, 1.54) is 5.56 Å². The van der Waals surface area contributed by atoms with Crippen molar-refractivity contribution < 1.29 is 0 Å². The van der Waals surface area contributed by atoms with E-state index >= 15 is 0 Å². The zero-order valence-electron chi connectivity index (χ0n) is 16.6. The smallest absolute Gasteiger partial charge is 0.255 e. The van der Waals surface area contributed by atoms with Crippen LogP contribution in [0.25, 0.3) is 0 Å². The summed E-state index contributed by atoms with van der Waals surface area (Å²) < 4.78 is 0. The molecule has 0 aromatic carbocycles. The van der Waals surface area contributed by atoms with E-state index < -0.39 is 0 Å². The number of nitrogens with one attached hydrogen (secondary N) is 2. The molecule has 0 spiro atoms. The van der Waals surface area contributed by atoms with E-state index in [2.05, 4.69) is 43.1 Å². The Kier molecular flexibility index (Phi) is 6.37. The number of aryl methyl sites for hydroxylation is 2. The molecule has 0 fully saturated rings. The maximum Gasteiger partial charge on any atom is 0.255 e. The molecule has 2 N–H and O–H groups in total. The molecule has 28 heavy (non-hydrogen) atoms. The van der Waals surface area contributed by atoms with Crippen molar-refractivity contribution in [1.82, 2.24) is 19.9 Å². The molecule has 0 aliphatic heterocycles. The van der Waals surface area contributed by atoms with E-state index in [0.29, 0.717) is 24.5 Å². The van der Waals surface area contributed by atoms with Gasteiger partial charge >= 0.3 is 0 Å². The van der Waals surface area contributed by atoms with Crippen molar-refractivity contribution in [2.24, 2.45) is 0 Å². The molecule has 0 saturated carbocycles. The maximum absolute atomic E-state index is 12.3. The summed E-state index contributed by atoms with van der Waals surface area (Å²) in [5.41, 5.74) is 3.64. The molecular weight excluding hydrogens is 352 g/mol. The molecule has 0 radical (unpaired) electrons. The number of anilines is 2. The van der Waals surface area contributed by atoms with Gasteiger partial charge in [-0.1, -0.05) is 6.07 Å². The molecule has 3 heterocycles. The summed E-state index contributed by atoms with van der Waals surface area (Å²) in [5, 5.41) is 3.18. The fourth-order valence-electron chi connectivity index (χ4n) is 2.83. The van der Waals surface area contributed by atoms with Crippen molar-refractivity contribution in [3.05, 3.63) is 75.6 Å². The number of nitrogens with zero attached hydrogens (tertiary/aromatic N) is 4. The van der Waals surface area contributed by atoms with E-state index in [0.717, 1.165) is 30.0 Å². The van der Waals surface area contributed by atoms with Crippen molar-refractivity contribution in [3.8, 4) is 0 Å². The van der Waals surface area contributed by atoms with Gasteiger partial charge in [0.1, 0.15) is 5.82 Å². The van der Waals surface area contributed by atoms with Crippen LogP contribution in [0.15, 0.2) is 47.7 Å². The first-order valence-electron chi connectivity index (χ1n) is 9.38. The summed E-state index contributed by atoms with van der Waals surface area (Å²) in [6.45, 7) is 5.56. The molecule has 7 heteroatoms. The molecule has 0 amide bonds. The number of hydrogen-bond donors (Lipinski definition) is 2. The highest BCUT2D eigenvalue weighted by Crippen LogP contribution is 2.10. The lowest BCUT2D eigenvalue weighted by Gasteiger charge is -2.18. The van der Waals surface area contributed by atoms with Crippen molar-refractivity contribution >= 4 is 11.8 Å². The summed E-state index contributed by atoms with van der Waals surface area (Å²) in [6, 6.07) is 7.97. The fourth-order valence-corrected chi connectivity index (χ4v) is 2.83. The van der Waals surface area contributed by atoms with E-state index in [-0.39, 0.29) is 5.56 Å². The molecule has 0 aliphatic rings. The first-order chi connectivity index (χ1) is 13.5. The van der Waals surface area contributed by atoms with Crippen LogP contribution in [0.3, 0.4) is 0 Å². The summed E-state index contributed by atoms with van der Waals surface area (Å²) in [7, 11) is 2.02. The normalized spacial score (nSPS) is 10.7. The third kappa shape index (κ3) is 5.39. The SMILES string of the molecule is Cc1ccnc(N(C)CCCNc2ncc(Cc3ccc(C)nc3)c(=O)[nH]2)c1. The Bertz CT molecular complexity index is 967. The Morgan fingerprint density at radius 1 is 1.11 bits per heavy atom. The lowest BCUT2D eigenvalue weighted by molar-refractivity contribution is 0.799. The summed E-state index contributed by atoms with van der Waals surface area (Å²) in [6.07, 6.45) is 6.66. The fraction of sp³-hybridized carbons (Fsp3) is 0.333. The van der Waals surface area contributed by atoms with Crippen LogP contribution in [0.2, 0.25) is 0 Å². The van der Waals surface area contributed by atoms with Crippen LogP contribution >= 0.6 is 0 Å². The second-order valence-corrected chi connectivity index (χ2v) is 6.96. The second-order valence-electron chi connectivity index (χ2n) is 6.96. The molecule has 7 nitrogen and oxygen atoms in total. The molecule has 3 aromatic rings. The van der Waals surface area contributed by atoms with Crippen molar-refractivity contribution in [2.75, 3.05) is 30.4 Å². The van der Waals surface area contributed by atoms with Crippen LogP contribution in [0.1, 0.15) is 28.8 Å². The predicted molar refractivity (Wildman–Crippen MR) is 112 cm³/mol. The van der Waals surface area contributed by atoms with E-state index in [9.17, 15) is 4.79 Å². The quantitative estimate of drug-likeness (QED) is 0.586. The monoisotopic (exact) mass is 378 g/mol. The van der Waals surface area contributed by atoms with Gasteiger partial charge in [-0.2, -0.15) is 0 Å². The third-order valence-electron chi connectivity index (χ3n) is 4.50. The van der Waals surface area contributed by atoms with Gasteiger partial charge in [0, 0.05) is 56.4 Å². The highest BCUT2D eigenvalue weighted by molar-refractivity contribution is 5.39. The minimum Gasteiger partial charge on any atom is -0.360 e. The predicted octanol–water partition coefficient (Wildman–Crippen LogP) is 2.71. The molecule has 0 saturated heterocycles. The number of H-pyrrole nitrogens is 1. The van der Waals surface area contributed by atoms with Gasteiger partial charge in [-0.05, 0) is 49.6 Å². The van der Waals surface area contributed by atoms with Crippen molar-refractivity contribution in [1.29, 1.82) is 0 Å². The first-order valence-corrected chi connectivity index (χ1v) is 9.38. The number of aromatic nitrogens is 4. The highest BCUT2D eigenvalue weighted by Gasteiger charge is 2.05. The Hall–Kier alpha value is -3.22. The van der Waals surface area contributed by atoms with Crippen LogP contribution in [-0.4, -0.2) is 40.1 Å². The number of pyridine rings is 2. The Labute approximate surface area is 164 Å². The largest absolute Gasteiger partial charge is 0.360 e. The number of aromatic amines is 1. The molecule has 0 aliphatic carbocycles. The van der Waals surface area contributed by atoms with Gasteiger partial charge in [-0.15, -0.1) is 0 Å². The number of hydrogen-bond acceptors (Lipinski definition) is 6. The van der Waals surface area contributed by atoms with Crippen LogP contribution in [0, 0.1) is 13.8 Å². The standard InChI is InChI=1S/C21H26N6O/c1-15-7-9-22-19(11-15)27(3)10-4-8-23-21-25-14-18(20(28)26-21)12-17-6-5-16(2)24-13-17/h5-7,9,11,13-14H,4,8,10,12H2,1-3H3,(H2,23,25,26,28). The lowest BCUT2D eigenvalue weighted by Crippen LogP contribution is -2.23. The average Bonchev–Trinajstić information content (AvgIpc) is 2.68. The third-order valence-corrected chi connectivity index (χ3v) is 4.50. The molecule has 0 atom stereocenters. The van der Waals surface area contributed by atoms with Gasteiger partial charge in [-0.3, -0.25) is 14.8 Å². The topological polar surface area (TPSA) is 86.8 Å². The first kappa shape index (κ1) is 19.5. The Morgan fingerprint density at radius 3 is 2.68 bits per heavy atom. The van der Waals surface area contributed by atoms with E-state index in [4.69, 9.17) is 0 Å². The molecule has 0 bridgehead atoms. The van der Waals surface area contributed by atoms with Crippen molar-refractivity contribution in [3.63, 3.8) is 0 Å². The lowest BCUT2D eigenvalue weighted by atomic mass is 10.1. The summed E-state index contributed by atoms with van der Waals surface area (Å²) in [5.74, 6) is 1.45. The maximum atomic E-state index is 12.3. The van der Waals surface area contributed by atoms with Gasteiger partial charge in [0.15, 0.2) is 0 Å². The van der Waals surface area contributed by atoms with Gasteiger partial charge in [0.2, 0.25) is 5.95 Å². The average molecular weight is 378 g/mol. The van der Waals surface area contributed by atoms with Crippen molar-refractivity contribution in [2.45, 2.75) is 26.7 Å². The van der Waals surface area contributed by atoms with Gasteiger partial charge in [0.05, 0.1) is 0 Å².